The number of rotatable bonds is 7. The Labute approximate surface area is 122 Å². The van der Waals surface area contributed by atoms with Crippen molar-refractivity contribution in [3.8, 4) is 5.75 Å². The van der Waals surface area contributed by atoms with Gasteiger partial charge in [0, 0.05) is 23.7 Å². The van der Waals surface area contributed by atoms with E-state index >= 15 is 0 Å². The Morgan fingerprint density at radius 3 is 2.95 bits per heavy atom. The van der Waals surface area contributed by atoms with E-state index in [1.165, 1.54) is 6.07 Å². The molecule has 0 aliphatic carbocycles. The molecule has 0 saturated carbocycles. The second-order valence-corrected chi connectivity index (χ2v) is 5.83. The minimum atomic E-state index is -0.345. The summed E-state index contributed by atoms with van der Waals surface area (Å²) in [4.78, 5) is 5.46. The molecule has 1 unspecified atom stereocenters. The average Bonchev–Trinajstić information content (AvgIpc) is 2.92. The summed E-state index contributed by atoms with van der Waals surface area (Å²) in [5, 5.41) is 4.27. The SMILES string of the molecule is CCC(C)NCc1cnc(COc2ccccc2F)s1. The molecule has 3 nitrogen and oxygen atoms in total. The predicted molar refractivity (Wildman–Crippen MR) is 79.4 cm³/mol. The molecule has 108 valence electrons. The molecule has 0 spiro atoms. The van der Waals surface area contributed by atoms with Gasteiger partial charge in [-0.15, -0.1) is 11.3 Å². The normalized spacial score (nSPS) is 12.3. The van der Waals surface area contributed by atoms with Gasteiger partial charge in [0.2, 0.25) is 0 Å². The molecule has 2 rings (SSSR count). The van der Waals surface area contributed by atoms with Gasteiger partial charge in [-0.25, -0.2) is 9.37 Å². The summed E-state index contributed by atoms with van der Waals surface area (Å²) in [6.07, 6.45) is 2.95. The molecule has 1 heterocycles. The number of aromatic nitrogens is 1. The number of halogens is 1. The summed E-state index contributed by atoms with van der Waals surface area (Å²) in [6.45, 7) is 5.42. The number of ether oxygens (including phenoxy) is 1. The summed E-state index contributed by atoms with van der Waals surface area (Å²) in [5.41, 5.74) is 0. The van der Waals surface area contributed by atoms with Gasteiger partial charge in [-0.3, -0.25) is 0 Å². The van der Waals surface area contributed by atoms with Crippen LogP contribution in [0.4, 0.5) is 4.39 Å². The first kappa shape index (κ1) is 14.9. The molecule has 0 saturated heterocycles. The number of hydrogen-bond acceptors (Lipinski definition) is 4. The minimum absolute atomic E-state index is 0.266. The molecule has 0 radical (unpaired) electrons. The molecule has 1 atom stereocenters. The highest BCUT2D eigenvalue weighted by Gasteiger charge is 2.06. The van der Waals surface area contributed by atoms with Crippen LogP contribution in [0.25, 0.3) is 0 Å². The van der Waals surface area contributed by atoms with Gasteiger partial charge < -0.3 is 10.1 Å². The van der Waals surface area contributed by atoms with E-state index in [0.29, 0.717) is 12.6 Å². The molecule has 0 aliphatic rings. The maximum atomic E-state index is 13.4. The van der Waals surface area contributed by atoms with E-state index in [9.17, 15) is 4.39 Å². The van der Waals surface area contributed by atoms with Gasteiger partial charge >= 0.3 is 0 Å². The zero-order chi connectivity index (χ0) is 14.4. The van der Waals surface area contributed by atoms with Crippen LogP contribution < -0.4 is 10.1 Å². The molecule has 0 aliphatic heterocycles. The van der Waals surface area contributed by atoms with E-state index in [1.807, 2.05) is 6.20 Å². The Balaban J connectivity index is 1.85. The highest BCUT2D eigenvalue weighted by molar-refractivity contribution is 7.11. The number of nitrogens with zero attached hydrogens (tertiary/aromatic N) is 1. The highest BCUT2D eigenvalue weighted by atomic mass is 32.1. The topological polar surface area (TPSA) is 34.2 Å². The third kappa shape index (κ3) is 4.28. The van der Waals surface area contributed by atoms with Gasteiger partial charge in [-0.05, 0) is 25.5 Å². The standard InChI is InChI=1S/C15H19FN2OS/c1-3-11(2)17-8-12-9-18-15(20-12)10-19-14-7-5-4-6-13(14)16/h4-7,9,11,17H,3,8,10H2,1-2H3. The first-order chi connectivity index (χ1) is 9.69. The number of thiazole rings is 1. The van der Waals surface area contributed by atoms with Crippen molar-refractivity contribution in [2.75, 3.05) is 0 Å². The van der Waals surface area contributed by atoms with E-state index in [1.54, 1.807) is 29.5 Å². The Kier molecular flexibility index (Phi) is 5.49. The third-order valence-corrected chi connectivity index (χ3v) is 4.00. The smallest absolute Gasteiger partial charge is 0.165 e. The summed E-state index contributed by atoms with van der Waals surface area (Å²) in [5.74, 6) is -0.0790. The Bertz CT molecular complexity index is 544. The minimum Gasteiger partial charge on any atom is -0.483 e. The van der Waals surface area contributed by atoms with Gasteiger partial charge in [-0.2, -0.15) is 0 Å². The van der Waals surface area contributed by atoms with Crippen molar-refractivity contribution in [2.45, 2.75) is 39.5 Å². The van der Waals surface area contributed by atoms with Crippen molar-refractivity contribution >= 4 is 11.3 Å². The Morgan fingerprint density at radius 2 is 2.20 bits per heavy atom. The summed E-state index contributed by atoms with van der Waals surface area (Å²) in [7, 11) is 0. The van der Waals surface area contributed by atoms with Crippen molar-refractivity contribution in [3.63, 3.8) is 0 Å². The quantitative estimate of drug-likeness (QED) is 0.844. The van der Waals surface area contributed by atoms with Crippen molar-refractivity contribution in [1.29, 1.82) is 0 Å². The number of hydrogen-bond donors (Lipinski definition) is 1. The first-order valence-electron chi connectivity index (χ1n) is 6.73. The largest absolute Gasteiger partial charge is 0.483 e. The fourth-order valence-corrected chi connectivity index (χ4v) is 2.40. The molecule has 2 aromatic rings. The van der Waals surface area contributed by atoms with Crippen LogP contribution in [-0.4, -0.2) is 11.0 Å². The zero-order valence-corrected chi connectivity index (χ0v) is 12.5. The lowest BCUT2D eigenvalue weighted by Crippen LogP contribution is -2.23. The average molecular weight is 294 g/mol. The summed E-state index contributed by atoms with van der Waals surface area (Å²) < 4.78 is 18.8. The van der Waals surface area contributed by atoms with Crippen molar-refractivity contribution in [2.24, 2.45) is 0 Å². The molecular weight excluding hydrogens is 275 g/mol. The monoisotopic (exact) mass is 294 g/mol. The molecule has 0 amide bonds. The predicted octanol–water partition coefficient (Wildman–Crippen LogP) is 3.75. The van der Waals surface area contributed by atoms with Crippen LogP contribution in [0, 0.1) is 5.82 Å². The Morgan fingerprint density at radius 1 is 1.40 bits per heavy atom. The molecule has 1 N–H and O–H groups in total. The van der Waals surface area contributed by atoms with Crippen molar-refractivity contribution in [3.05, 3.63) is 46.2 Å². The van der Waals surface area contributed by atoms with Gasteiger partial charge in [0.05, 0.1) is 0 Å². The van der Waals surface area contributed by atoms with E-state index in [4.69, 9.17) is 4.74 Å². The van der Waals surface area contributed by atoms with Gasteiger partial charge in [0.15, 0.2) is 11.6 Å². The molecule has 0 bridgehead atoms. The van der Waals surface area contributed by atoms with Crippen LogP contribution in [0.3, 0.4) is 0 Å². The van der Waals surface area contributed by atoms with Crippen LogP contribution in [0.5, 0.6) is 5.75 Å². The van der Waals surface area contributed by atoms with Crippen LogP contribution >= 0.6 is 11.3 Å². The molecule has 20 heavy (non-hydrogen) atoms. The van der Waals surface area contributed by atoms with Crippen molar-refractivity contribution in [1.82, 2.24) is 10.3 Å². The fraction of sp³-hybridized carbons (Fsp3) is 0.400. The third-order valence-electron chi connectivity index (χ3n) is 3.03. The lowest BCUT2D eigenvalue weighted by Gasteiger charge is -2.08. The van der Waals surface area contributed by atoms with Crippen LogP contribution in [-0.2, 0) is 13.2 Å². The van der Waals surface area contributed by atoms with E-state index in [-0.39, 0.29) is 11.6 Å². The van der Waals surface area contributed by atoms with Gasteiger partial charge in [0.1, 0.15) is 11.6 Å². The van der Waals surface area contributed by atoms with Gasteiger partial charge in [-0.1, -0.05) is 19.1 Å². The van der Waals surface area contributed by atoms with Crippen LogP contribution in [0.2, 0.25) is 0 Å². The van der Waals surface area contributed by atoms with Crippen molar-refractivity contribution < 1.29 is 9.13 Å². The zero-order valence-electron chi connectivity index (χ0n) is 11.7. The van der Waals surface area contributed by atoms with E-state index in [2.05, 4.69) is 24.1 Å². The molecule has 1 aromatic carbocycles. The van der Waals surface area contributed by atoms with Crippen LogP contribution in [0.15, 0.2) is 30.5 Å². The van der Waals surface area contributed by atoms with Gasteiger partial charge in [0.25, 0.3) is 0 Å². The number of benzene rings is 1. The summed E-state index contributed by atoms with van der Waals surface area (Å²) >= 11 is 1.59. The summed E-state index contributed by atoms with van der Waals surface area (Å²) in [6, 6.07) is 6.90. The molecule has 1 aromatic heterocycles. The number of para-hydroxylation sites is 1. The molecule has 5 heteroatoms. The second-order valence-electron chi connectivity index (χ2n) is 4.63. The highest BCUT2D eigenvalue weighted by Crippen LogP contribution is 2.19. The number of nitrogens with one attached hydrogen (secondary N) is 1. The molecular formula is C15H19FN2OS. The molecule has 0 fully saturated rings. The first-order valence-corrected chi connectivity index (χ1v) is 7.55. The lowest BCUT2D eigenvalue weighted by atomic mass is 10.2. The second kappa shape index (κ2) is 7.36. The Hall–Kier alpha value is -1.46. The van der Waals surface area contributed by atoms with E-state index in [0.717, 1.165) is 22.9 Å². The lowest BCUT2D eigenvalue weighted by molar-refractivity contribution is 0.290. The fourth-order valence-electron chi connectivity index (χ4n) is 1.62. The maximum absolute atomic E-state index is 13.4. The maximum Gasteiger partial charge on any atom is 0.165 e. The van der Waals surface area contributed by atoms with E-state index < -0.39 is 0 Å². The van der Waals surface area contributed by atoms with Crippen LogP contribution in [0.1, 0.15) is 30.2 Å².